The molecule has 23 heavy (non-hydrogen) atoms. The number of nitrogens with zero attached hydrogens (tertiary/aromatic N) is 1. The molecule has 124 valence electrons. The van der Waals surface area contributed by atoms with Gasteiger partial charge >= 0.3 is 0 Å². The number of imide groups is 1. The molecule has 0 spiro atoms. The zero-order valence-electron chi connectivity index (χ0n) is 13.7. The third kappa shape index (κ3) is 3.59. The predicted molar refractivity (Wildman–Crippen MR) is 85.5 cm³/mol. The average Bonchev–Trinajstić information content (AvgIpc) is 2.76. The Bertz CT molecular complexity index is 627. The van der Waals surface area contributed by atoms with Crippen molar-refractivity contribution in [3.8, 4) is 0 Å². The largest absolute Gasteiger partial charge is 0.383 e. The molecule has 1 unspecified atom stereocenters. The highest BCUT2D eigenvalue weighted by Gasteiger charge is 2.35. The Hall–Kier alpha value is -2.21. The maximum absolute atomic E-state index is 12.4. The van der Waals surface area contributed by atoms with Crippen LogP contribution in [-0.4, -0.2) is 48.9 Å². The Morgan fingerprint density at radius 2 is 1.96 bits per heavy atom. The minimum atomic E-state index is -0.321. The molecule has 0 bridgehead atoms. The standard InChI is InChI=1S/C17H22N2O4/c1-4-5-8-19-16(21)13-7-6-12(9-14(13)17(19)22)15(20)18-11(2)10-23-3/h6-7,9,11H,4-5,8,10H2,1-3H3,(H,18,20). The number of fused-ring (bicyclic) bond motifs is 1. The summed E-state index contributed by atoms with van der Waals surface area (Å²) < 4.78 is 4.98. The first-order valence-electron chi connectivity index (χ1n) is 7.79. The first-order chi connectivity index (χ1) is 11.0. The summed E-state index contributed by atoms with van der Waals surface area (Å²) in [6.07, 6.45) is 1.67. The molecule has 0 fully saturated rings. The summed E-state index contributed by atoms with van der Waals surface area (Å²) in [7, 11) is 1.56. The smallest absolute Gasteiger partial charge is 0.261 e. The van der Waals surface area contributed by atoms with Gasteiger partial charge in [-0.2, -0.15) is 0 Å². The summed E-state index contributed by atoms with van der Waals surface area (Å²) in [6.45, 7) is 4.64. The van der Waals surface area contributed by atoms with E-state index in [1.807, 2.05) is 13.8 Å². The van der Waals surface area contributed by atoms with E-state index in [2.05, 4.69) is 5.32 Å². The number of methoxy groups -OCH3 is 1. The fourth-order valence-electron chi connectivity index (χ4n) is 2.55. The van der Waals surface area contributed by atoms with Crippen molar-refractivity contribution < 1.29 is 19.1 Å². The topological polar surface area (TPSA) is 75.7 Å². The predicted octanol–water partition coefficient (Wildman–Crippen LogP) is 1.85. The van der Waals surface area contributed by atoms with Gasteiger partial charge in [-0.1, -0.05) is 13.3 Å². The Labute approximate surface area is 135 Å². The van der Waals surface area contributed by atoms with Crippen LogP contribution in [0.1, 0.15) is 57.8 Å². The number of ether oxygens (including phenoxy) is 1. The Morgan fingerprint density at radius 3 is 2.61 bits per heavy atom. The molecule has 0 saturated heterocycles. The van der Waals surface area contributed by atoms with Crippen LogP contribution < -0.4 is 5.32 Å². The number of hydrogen-bond donors (Lipinski definition) is 1. The van der Waals surface area contributed by atoms with Crippen molar-refractivity contribution in [3.63, 3.8) is 0 Å². The summed E-state index contributed by atoms with van der Waals surface area (Å²) >= 11 is 0. The molecule has 1 N–H and O–H groups in total. The van der Waals surface area contributed by atoms with Crippen molar-refractivity contribution in [3.05, 3.63) is 34.9 Å². The van der Waals surface area contributed by atoms with Gasteiger partial charge < -0.3 is 10.1 Å². The van der Waals surface area contributed by atoms with Crippen LogP contribution in [0.4, 0.5) is 0 Å². The van der Waals surface area contributed by atoms with Gasteiger partial charge in [-0.15, -0.1) is 0 Å². The number of carbonyl (C=O) groups is 3. The lowest BCUT2D eigenvalue weighted by molar-refractivity contribution is 0.0652. The highest BCUT2D eigenvalue weighted by molar-refractivity contribution is 6.22. The van der Waals surface area contributed by atoms with E-state index in [1.165, 1.54) is 11.0 Å². The molecule has 1 heterocycles. The van der Waals surface area contributed by atoms with Crippen LogP contribution in [0.15, 0.2) is 18.2 Å². The molecular formula is C17H22N2O4. The van der Waals surface area contributed by atoms with Gasteiger partial charge in [-0.3, -0.25) is 19.3 Å². The second-order valence-corrected chi connectivity index (χ2v) is 5.71. The Balaban J connectivity index is 2.18. The Kier molecular flexibility index (Phi) is 5.50. The molecule has 0 aromatic heterocycles. The summed E-state index contributed by atoms with van der Waals surface area (Å²) in [5, 5.41) is 2.79. The highest BCUT2D eigenvalue weighted by Crippen LogP contribution is 2.24. The van der Waals surface area contributed by atoms with Gasteiger partial charge in [0.05, 0.1) is 17.7 Å². The van der Waals surface area contributed by atoms with Crippen LogP contribution in [0.5, 0.6) is 0 Å². The summed E-state index contributed by atoms with van der Waals surface area (Å²) in [5.74, 6) is -0.888. The van der Waals surface area contributed by atoms with Crippen LogP contribution in [-0.2, 0) is 4.74 Å². The van der Waals surface area contributed by atoms with Gasteiger partial charge in [0.25, 0.3) is 17.7 Å². The number of carbonyl (C=O) groups excluding carboxylic acids is 3. The second-order valence-electron chi connectivity index (χ2n) is 5.71. The number of rotatable bonds is 7. The van der Waals surface area contributed by atoms with Gasteiger partial charge in [-0.05, 0) is 31.5 Å². The third-order valence-corrected chi connectivity index (χ3v) is 3.76. The van der Waals surface area contributed by atoms with E-state index in [4.69, 9.17) is 4.74 Å². The quantitative estimate of drug-likeness (QED) is 0.779. The summed E-state index contributed by atoms with van der Waals surface area (Å²) in [5.41, 5.74) is 1.04. The third-order valence-electron chi connectivity index (χ3n) is 3.76. The molecule has 0 saturated carbocycles. The van der Waals surface area contributed by atoms with Gasteiger partial charge in [-0.25, -0.2) is 0 Å². The lowest BCUT2D eigenvalue weighted by Gasteiger charge is -2.13. The van der Waals surface area contributed by atoms with Gasteiger partial charge in [0.2, 0.25) is 0 Å². The van der Waals surface area contributed by atoms with Gasteiger partial charge in [0.1, 0.15) is 0 Å². The molecule has 3 amide bonds. The van der Waals surface area contributed by atoms with E-state index in [9.17, 15) is 14.4 Å². The van der Waals surface area contributed by atoms with Crippen LogP contribution in [0.25, 0.3) is 0 Å². The molecule has 1 atom stereocenters. The van der Waals surface area contributed by atoms with Crippen molar-refractivity contribution in [2.45, 2.75) is 32.7 Å². The number of unbranched alkanes of at least 4 members (excludes halogenated alkanes) is 1. The molecule has 6 nitrogen and oxygen atoms in total. The van der Waals surface area contributed by atoms with Crippen LogP contribution >= 0.6 is 0 Å². The van der Waals surface area contributed by atoms with Crippen molar-refractivity contribution in [2.24, 2.45) is 0 Å². The minimum Gasteiger partial charge on any atom is -0.383 e. The van der Waals surface area contributed by atoms with E-state index in [1.54, 1.807) is 19.2 Å². The normalized spacial score (nSPS) is 14.8. The van der Waals surface area contributed by atoms with Crippen LogP contribution in [0.2, 0.25) is 0 Å². The SMILES string of the molecule is CCCCN1C(=O)c2ccc(C(=O)NC(C)COC)cc2C1=O. The fourth-order valence-corrected chi connectivity index (χ4v) is 2.55. The van der Waals surface area contributed by atoms with E-state index < -0.39 is 0 Å². The second kappa shape index (κ2) is 7.37. The number of nitrogens with one attached hydrogen (secondary N) is 1. The lowest BCUT2D eigenvalue weighted by atomic mass is 10.1. The highest BCUT2D eigenvalue weighted by atomic mass is 16.5. The monoisotopic (exact) mass is 318 g/mol. The number of benzene rings is 1. The molecular weight excluding hydrogens is 296 g/mol. The molecule has 0 aliphatic carbocycles. The lowest BCUT2D eigenvalue weighted by Crippen LogP contribution is -2.35. The van der Waals surface area contributed by atoms with Gasteiger partial charge in [0.15, 0.2) is 0 Å². The van der Waals surface area contributed by atoms with E-state index >= 15 is 0 Å². The van der Waals surface area contributed by atoms with E-state index in [-0.39, 0.29) is 23.8 Å². The molecule has 6 heteroatoms. The molecule has 1 aliphatic heterocycles. The zero-order valence-corrected chi connectivity index (χ0v) is 13.7. The molecule has 2 rings (SSSR count). The number of hydrogen-bond acceptors (Lipinski definition) is 4. The van der Waals surface area contributed by atoms with Crippen molar-refractivity contribution in [1.82, 2.24) is 10.2 Å². The first kappa shape index (κ1) is 17.1. The Morgan fingerprint density at radius 1 is 1.26 bits per heavy atom. The average molecular weight is 318 g/mol. The molecule has 1 aliphatic rings. The van der Waals surface area contributed by atoms with Crippen molar-refractivity contribution in [2.75, 3.05) is 20.3 Å². The zero-order chi connectivity index (χ0) is 17.0. The minimum absolute atomic E-state index is 0.140. The fraction of sp³-hybridized carbons (Fsp3) is 0.471. The van der Waals surface area contributed by atoms with Crippen LogP contribution in [0.3, 0.4) is 0 Å². The van der Waals surface area contributed by atoms with Crippen LogP contribution in [0, 0.1) is 0 Å². The first-order valence-corrected chi connectivity index (χ1v) is 7.79. The summed E-state index contributed by atoms with van der Waals surface area (Å²) in [6, 6.07) is 4.48. The molecule has 1 aromatic carbocycles. The summed E-state index contributed by atoms with van der Waals surface area (Å²) in [4.78, 5) is 38.1. The molecule has 0 radical (unpaired) electrons. The maximum atomic E-state index is 12.4. The van der Waals surface area contributed by atoms with Crippen molar-refractivity contribution in [1.29, 1.82) is 0 Å². The van der Waals surface area contributed by atoms with E-state index in [0.29, 0.717) is 29.8 Å². The molecule has 1 aromatic rings. The maximum Gasteiger partial charge on any atom is 0.261 e. The van der Waals surface area contributed by atoms with Gasteiger partial charge in [0, 0.05) is 25.3 Å². The van der Waals surface area contributed by atoms with Crippen molar-refractivity contribution >= 4 is 17.7 Å². The van der Waals surface area contributed by atoms with E-state index in [0.717, 1.165) is 12.8 Å². The number of amides is 3.